The van der Waals surface area contributed by atoms with Crippen LogP contribution in [0.15, 0.2) is 91.0 Å². The SMILES string of the molecule is CN(C)C(=O)NC1(c2ccccc2)CCN(CC[C@@]2(c3ccc(F)c(F)c3)CN(C(=O)c3ccccc3)CCO2)CC1.O=C(O)/C=C/C(=O)O. The fourth-order valence-corrected chi connectivity index (χ4v) is 6.17. The number of halogens is 2. The number of carboxylic acid groups (broad SMARTS) is 2. The Kier molecular flexibility index (Phi) is 12.8. The molecule has 2 aliphatic heterocycles. The molecule has 3 amide bonds. The van der Waals surface area contributed by atoms with Crippen molar-refractivity contribution in [3.05, 3.63) is 119 Å². The quantitative estimate of drug-likeness (QED) is 0.275. The Labute approximate surface area is 289 Å². The molecule has 2 fully saturated rings. The van der Waals surface area contributed by atoms with Crippen LogP contribution in [0.3, 0.4) is 0 Å². The Balaban J connectivity index is 0.000000627. The third kappa shape index (κ3) is 9.73. The predicted molar refractivity (Wildman–Crippen MR) is 181 cm³/mol. The van der Waals surface area contributed by atoms with Gasteiger partial charge in [0.15, 0.2) is 11.6 Å². The predicted octanol–water partition coefficient (Wildman–Crippen LogP) is 4.70. The van der Waals surface area contributed by atoms with E-state index in [1.807, 2.05) is 36.4 Å². The minimum absolute atomic E-state index is 0.117. The lowest BCUT2D eigenvalue weighted by Crippen LogP contribution is -2.56. The molecule has 0 radical (unpaired) electrons. The first kappa shape index (κ1) is 37.7. The molecule has 1 atom stereocenters. The molecular weight excluding hydrogens is 650 g/mol. The van der Waals surface area contributed by atoms with E-state index < -0.39 is 34.7 Å². The van der Waals surface area contributed by atoms with Gasteiger partial charge in [0, 0.05) is 58.0 Å². The normalized spacial score (nSPS) is 18.8. The number of urea groups is 1. The van der Waals surface area contributed by atoms with Crippen molar-refractivity contribution >= 4 is 23.9 Å². The molecule has 0 unspecified atom stereocenters. The van der Waals surface area contributed by atoms with E-state index in [9.17, 15) is 28.0 Å². The molecule has 5 rings (SSSR count). The van der Waals surface area contributed by atoms with E-state index in [-0.39, 0.29) is 25.1 Å². The maximum atomic E-state index is 14.5. The molecule has 2 aliphatic rings. The average molecular weight is 693 g/mol. The molecule has 0 aliphatic carbocycles. The Bertz CT molecular complexity index is 1650. The lowest BCUT2D eigenvalue weighted by atomic mass is 9.80. The minimum atomic E-state index is -1.26. The van der Waals surface area contributed by atoms with Crippen LogP contribution in [0, 0.1) is 11.6 Å². The summed E-state index contributed by atoms with van der Waals surface area (Å²) < 4.78 is 34.8. The summed E-state index contributed by atoms with van der Waals surface area (Å²) >= 11 is 0. The number of aliphatic carboxylic acids is 2. The first-order valence-corrected chi connectivity index (χ1v) is 16.2. The second kappa shape index (κ2) is 17.0. The molecule has 50 heavy (non-hydrogen) atoms. The molecule has 13 heteroatoms. The first-order chi connectivity index (χ1) is 23.8. The second-order valence-corrected chi connectivity index (χ2v) is 12.4. The van der Waals surface area contributed by atoms with Gasteiger partial charge in [-0.05, 0) is 54.7 Å². The molecular formula is C37H42F2N4O7. The molecule has 0 aromatic heterocycles. The zero-order chi connectivity index (χ0) is 36.3. The number of piperidine rings is 1. The van der Waals surface area contributed by atoms with Crippen LogP contribution in [-0.4, -0.2) is 102 Å². The number of morpholine rings is 1. The van der Waals surface area contributed by atoms with Gasteiger partial charge in [0.1, 0.15) is 5.60 Å². The smallest absolute Gasteiger partial charge is 0.328 e. The number of carbonyl (C=O) groups is 4. The van der Waals surface area contributed by atoms with Crippen molar-refractivity contribution in [3.8, 4) is 0 Å². The molecule has 0 spiro atoms. The van der Waals surface area contributed by atoms with Gasteiger partial charge in [0.05, 0.1) is 18.7 Å². The van der Waals surface area contributed by atoms with Crippen molar-refractivity contribution in [2.75, 3.05) is 53.4 Å². The molecule has 3 aromatic carbocycles. The summed E-state index contributed by atoms with van der Waals surface area (Å²) in [5.41, 5.74) is 0.679. The largest absolute Gasteiger partial charge is 0.478 e. The third-order valence-corrected chi connectivity index (χ3v) is 8.93. The van der Waals surface area contributed by atoms with Crippen LogP contribution in [-0.2, 0) is 25.5 Å². The number of carboxylic acids is 2. The second-order valence-electron chi connectivity index (χ2n) is 12.4. The Morgan fingerprint density at radius 2 is 1.44 bits per heavy atom. The molecule has 3 aromatic rings. The van der Waals surface area contributed by atoms with Gasteiger partial charge in [-0.2, -0.15) is 0 Å². The number of hydrogen-bond acceptors (Lipinski definition) is 6. The molecule has 3 N–H and O–H groups in total. The van der Waals surface area contributed by atoms with Crippen LogP contribution in [0.5, 0.6) is 0 Å². The van der Waals surface area contributed by atoms with E-state index in [0.717, 1.165) is 24.7 Å². The maximum absolute atomic E-state index is 14.5. The lowest BCUT2D eigenvalue weighted by molar-refractivity contribution is -0.134. The fourth-order valence-electron chi connectivity index (χ4n) is 6.17. The molecule has 266 valence electrons. The number of nitrogens with zero attached hydrogens (tertiary/aromatic N) is 3. The summed E-state index contributed by atoms with van der Waals surface area (Å²) in [7, 11) is 3.47. The van der Waals surface area contributed by atoms with Crippen LogP contribution < -0.4 is 5.32 Å². The molecule has 2 saturated heterocycles. The van der Waals surface area contributed by atoms with Crippen LogP contribution >= 0.6 is 0 Å². The van der Waals surface area contributed by atoms with Gasteiger partial charge in [-0.15, -0.1) is 0 Å². The fraction of sp³-hybridized carbons (Fsp3) is 0.351. The van der Waals surface area contributed by atoms with Crippen LogP contribution in [0.2, 0.25) is 0 Å². The summed E-state index contributed by atoms with van der Waals surface area (Å²) in [6, 6.07) is 22.8. The van der Waals surface area contributed by atoms with Gasteiger partial charge in [-0.1, -0.05) is 54.6 Å². The van der Waals surface area contributed by atoms with Crippen molar-refractivity contribution in [1.82, 2.24) is 20.0 Å². The lowest BCUT2D eigenvalue weighted by Gasteiger charge is -2.46. The standard InChI is InChI=1S/C33H38F2N4O3.C4H4O4/c1-37(2)31(41)36-32(26-11-7-4-8-12-26)15-18-38(19-16-32)20-17-33(27-13-14-28(34)29(35)23-27)24-39(21-22-42-33)30(40)25-9-5-3-6-10-25;5-3(6)1-2-4(7)8/h3-14,23H,15-22,24H2,1-2H3,(H,36,41);1-2H,(H,5,6)(H,7,8)/b;2-1+/t33-;/m0./s1. The Morgan fingerprint density at radius 3 is 2.00 bits per heavy atom. The highest BCUT2D eigenvalue weighted by Crippen LogP contribution is 2.37. The maximum Gasteiger partial charge on any atom is 0.328 e. The number of amides is 3. The summed E-state index contributed by atoms with van der Waals surface area (Å²) in [5, 5.41) is 18.9. The van der Waals surface area contributed by atoms with Crippen molar-refractivity contribution in [3.63, 3.8) is 0 Å². The van der Waals surface area contributed by atoms with Gasteiger partial charge in [0.25, 0.3) is 5.91 Å². The first-order valence-electron chi connectivity index (χ1n) is 16.2. The average Bonchev–Trinajstić information content (AvgIpc) is 3.12. The number of carbonyl (C=O) groups excluding carboxylic acids is 2. The van der Waals surface area contributed by atoms with Crippen molar-refractivity contribution in [2.24, 2.45) is 0 Å². The number of benzene rings is 3. The van der Waals surface area contributed by atoms with E-state index in [1.54, 1.807) is 42.1 Å². The Morgan fingerprint density at radius 1 is 0.840 bits per heavy atom. The highest BCUT2D eigenvalue weighted by molar-refractivity contribution is 5.94. The number of ether oxygens (including phenoxy) is 1. The highest BCUT2D eigenvalue weighted by Gasteiger charge is 2.42. The van der Waals surface area contributed by atoms with Gasteiger partial charge < -0.3 is 35.0 Å². The molecule has 0 saturated carbocycles. The van der Waals surface area contributed by atoms with E-state index in [0.29, 0.717) is 55.6 Å². The number of likely N-dealkylation sites (tertiary alicyclic amines) is 1. The van der Waals surface area contributed by atoms with Crippen molar-refractivity contribution in [1.29, 1.82) is 0 Å². The molecule has 0 bridgehead atoms. The summed E-state index contributed by atoms with van der Waals surface area (Å²) in [6.07, 6.45) is 3.03. The van der Waals surface area contributed by atoms with E-state index in [2.05, 4.69) is 22.3 Å². The number of hydrogen-bond donors (Lipinski definition) is 3. The van der Waals surface area contributed by atoms with Crippen LogP contribution in [0.4, 0.5) is 13.6 Å². The van der Waals surface area contributed by atoms with Crippen molar-refractivity contribution in [2.45, 2.75) is 30.4 Å². The van der Waals surface area contributed by atoms with Gasteiger partial charge in [0.2, 0.25) is 0 Å². The monoisotopic (exact) mass is 692 g/mol. The van der Waals surface area contributed by atoms with Crippen LogP contribution in [0.25, 0.3) is 0 Å². The van der Waals surface area contributed by atoms with Gasteiger partial charge in [-0.3, -0.25) is 4.79 Å². The summed E-state index contributed by atoms with van der Waals surface area (Å²) in [4.78, 5) is 50.8. The number of rotatable bonds is 9. The highest BCUT2D eigenvalue weighted by atomic mass is 19.2. The van der Waals surface area contributed by atoms with Gasteiger partial charge in [-0.25, -0.2) is 23.2 Å². The minimum Gasteiger partial charge on any atom is -0.478 e. The topological polar surface area (TPSA) is 140 Å². The van der Waals surface area contributed by atoms with Crippen molar-refractivity contribution < 1.29 is 42.9 Å². The zero-order valence-corrected chi connectivity index (χ0v) is 28.1. The molecule has 2 heterocycles. The van der Waals surface area contributed by atoms with Gasteiger partial charge >= 0.3 is 18.0 Å². The van der Waals surface area contributed by atoms with E-state index >= 15 is 0 Å². The van der Waals surface area contributed by atoms with E-state index in [1.165, 1.54) is 6.07 Å². The van der Waals surface area contributed by atoms with Crippen LogP contribution in [0.1, 0.15) is 40.7 Å². The Hall–Kier alpha value is -5.14. The summed E-state index contributed by atoms with van der Waals surface area (Å²) in [5.74, 6) is -4.49. The molecule has 11 nitrogen and oxygen atoms in total. The zero-order valence-electron chi connectivity index (χ0n) is 28.1. The number of nitrogens with one attached hydrogen (secondary N) is 1. The third-order valence-electron chi connectivity index (χ3n) is 8.93. The van der Waals surface area contributed by atoms with E-state index in [4.69, 9.17) is 14.9 Å². The summed E-state index contributed by atoms with van der Waals surface area (Å²) in [6.45, 7) is 3.00.